The largest absolute Gasteiger partial charge is 0.0955 e. The van der Waals surface area contributed by atoms with Gasteiger partial charge < -0.3 is 0 Å². The van der Waals surface area contributed by atoms with Crippen LogP contribution < -0.4 is 0 Å². The summed E-state index contributed by atoms with van der Waals surface area (Å²) < 4.78 is 0. The Bertz CT molecular complexity index is 839. The molecular weight excluding hydrogens is 276 g/mol. The lowest BCUT2D eigenvalue weighted by atomic mass is 9.86. The van der Waals surface area contributed by atoms with Gasteiger partial charge in [-0.15, -0.1) is 0 Å². The average molecular weight is 302 g/mol. The molecule has 0 aliphatic rings. The highest BCUT2D eigenvalue weighted by atomic mass is 14.2. The van der Waals surface area contributed by atoms with Gasteiger partial charge in [0, 0.05) is 0 Å². The van der Waals surface area contributed by atoms with Gasteiger partial charge in [-0.1, -0.05) is 86.9 Å². The summed E-state index contributed by atoms with van der Waals surface area (Å²) in [4.78, 5) is 0. The fraction of sp³-hybridized carbons (Fsp3) is 0.304. The molecular formula is C23H26. The van der Waals surface area contributed by atoms with E-state index in [2.05, 4.69) is 69.0 Å². The third-order valence-electron chi connectivity index (χ3n) is 4.75. The molecule has 0 spiro atoms. The smallest absolute Gasteiger partial charge is 0.00991 e. The highest BCUT2D eigenvalue weighted by Gasteiger charge is 2.14. The van der Waals surface area contributed by atoms with Gasteiger partial charge in [0.15, 0.2) is 0 Å². The fourth-order valence-corrected chi connectivity index (χ4v) is 3.69. The van der Waals surface area contributed by atoms with Crippen LogP contribution >= 0.6 is 0 Å². The Morgan fingerprint density at radius 2 is 1.35 bits per heavy atom. The Kier molecular flexibility index (Phi) is 4.81. The molecule has 3 aromatic carbocycles. The van der Waals surface area contributed by atoms with Crippen molar-refractivity contribution >= 4 is 27.1 Å². The molecule has 0 heterocycles. The lowest BCUT2D eigenvalue weighted by Crippen LogP contribution is -1.97. The Morgan fingerprint density at radius 1 is 0.783 bits per heavy atom. The normalized spacial score (nSPS) is 11.2. The molecule has 0 amide bonds. The van der Waals surface area contributed by atoms with Gasteiger partial charge in [-0.2, -0.15) is 0 Å². The fourth-order valence-electron chi connectivity index (χ4n) is 3.69. The van der Waals surface area contributed by atoms with E-state index in [9.17, 15) is 0 Å². The molecule has 0 unspecified atom stereocenters. The first-order chi connectivity index (χ1) is 11.2. The summed E-state index contributed by atoms with van der Waals surface area (Å²) in [6.45, 7) is 8.70. The number of benzene rings is 3. The second-order valence-corrected chi connectivity index (χ2v) is 6.54. The maximum atomic E-state index is 4.29. The molecule has 3 aromatic rings. The molecule has 0 aliphatic carbocycles. The molecule has 23 heavy (non-hydrogen) atoms. The van der Waals surface area contributed by atoms with Gasteiger partial charge in [0.05, 0.1) is 0 Å². The number of allylic oxidation sites excluding steroid dienone is 1. The van der Waals surface area contributed by atoms with Crippen LogP contribution in [0.1, 0.15) is 50.7 Å². The van der Waals surface area contributed by atoms with E-state index < -0.39 is 0 Å². The predicted molar refractivity (Wildman–Crippen MR) is 104 cm³/mol. The van der Waals surface area contributed by atoms with Crippen molar-refractivity contribution in [1.82, 2.24) is 0 Å². The summed E-state index contributed by atoms with van der Waals surface area (Å²) in [6.07, 6.45) is 6.33. The lowest BCUT2D eigenvalue weighted by Gasteiger charge is -2.17. The van der Waals surface area contributed by atoms with Gasteiger partial charge in [-0.3, -0.25) is 0 Å². The topological polar surface area (TPSA) is 0 Å². The third-order valence-corrected chi connectivity index (χ3v) is 4.75. The van der Waals surface area contributed by atoms with E-state index in [0.29, 0.717) is 0 Å². The first-order valence-corrected chi connectivity index (χ1v) is 8.82. The zero-order valence-electron chi connectivity index (χ0n) is 14.4. The van der Waals surface area contributed by atoms with E-state index in [1.54, 1.807) is 0 Å². The standard InChI is InChI=1S/C23H26/c1-4-5-6-7-15-21-19-13-9-8-12-18(19)20-14-10-11-16-22(20)23(21)17(2)3/h8-14,16H,2,4-7,15H2,1,3H3. The van der Waals surface area contributed by atoms with Crippen molar-refractivity contribution in [3.63, 3.8) is 0 Å². The van der Waals surface area contributed by atoms with Crippen molar-refractivity contribution in [1.29, 1.82) is 0 Å². The molecule has 3 rings (SSSR count). The number of rotatable bonds is 6. The molecule has 0 radical (unpaired) electrons. The summed E-state index contributed by atoms with van der Waals surface area (Å²) in [7, 11) is 0. The Hall–Kier alpha value is -2.08. The van der Waals surface area contributed by atoms with Crippen molar-refractivity contribution in [2.45, 2.75) is 46.0 Å². The summed E-state index contributed by atoms with van der Waals surface area (Å²) >= 11 is 0. The van der Waals surface area contributed by atoms with E-state index in [1.165, 1.54) is 63.9 Å². The second-order valence-electron chi connectivity index (χ2n) is 6.54. The Labute approximate surface area is 139 Å². The van der Waals surface area contributed by atoms with Gasteiger partial charge in [0.25, 0.3) is 0 Å². The van der Waals surface area contributed by atoms with Crippen molar-refractivity contribution in [3.05, 3.63) is 66.2 Å². The minimum absolute atomic E-state index is 1.15. The minimum atomic E-state index is 1.15. The van der Waals surface area contributed by atoms with E-state index in [1.807, 2.05) is 0 Å². The molecule has 0 saturated heterocycles. The first kappa shape index (κ1) is 15.8. The molecule has 0 atom stereocenters. The summed E-state index contributed by atoms with van der Waals surface area (Å²) in [5.74, 6) is 0. The molecule has 0 aromatic heterocycles. The maximum absolute atomic E-state index is 4.29. The van der Waals surface area contributed by atoms with Gasteiger partial charge in [-0.05, 0) is 52.4 Å². The zero-order valence-corrected chi connectivity index (χ0v) is 14.4. The van der Waals surface area contributed by atoms with Crippen molar-refractivity contribution < 1.29 is 0 Å². The van der Waals surface area contributed by atoms with Crippen LogP contribution in [0.25, 0.3) is 27.1 Å². The first-order valence-electron chi connectivity index (χ1n) is 8.82. The molecule has 0 aliphatic heterocycles. The minimum Gasteiger partial charge on any atom is -0.0955 e. The number of hydrogen-bond donors (Lipinski definition) is 0. The molecule has 118 valence electrons. The molecule has 0 bridgehead atoms. The van der Waals surface area contributed by atoms with Crippen LogP contribution in [0.15, 0.2) is 55.1 Å². The van der Waals surface area contributed by atoms with Crippen LogP contribution in [0.3, 0.4) is 0 Å². The summed E-state index contributed by atoms with van der Waals surface area (Å²) in [6, 6.07) is 17.6. The number of aryl methyl sites for hydroxylation is 1. The van der Waals surface area contributed by atoms with Crippen LogP contribution in [0.5, 0.6) is 0 Å². The van der Waals surface area contributed by atoms with Crippen LogP contribution in [-0.2, 0) is 6.42 Å². The molecule has 0 nitrogen and oxygen atoms in total. The lowest BCUT2D eigenvalue weighted by molar-refractivity contribution is 0.668. The molecule has 0 heteroatoms. The molecule has 0 saturated carbocycles. The average Bonchev–Trinajstić information content (AvgIpc) is 2.58. The highest BCUT2D eigenvalue weighted by molar-refractivity contribution is 6.13. The van der Waals surface area contributed by atoms with Crippen LogP contribution in [-0.4, -0.2) is 0 Å². The number of fused-ring (bicyclic) bond motifs is 3. The van der Waals surface area contributed by atoms with Crippen molar-refractivity contribution in [2.75, 3.05) is 0 Å². The maximum Gasteiger partial charge on any atom is -0.00991 e. The van der Waals surface area contributed by atoms with Gasteiger partial charge in [-0.25, -0.2) is 0 Å². The Balaban J connectivity index is 2.24. The van der Waals surface area contributed by atoms with E-state index >= 15 is 0 Å². The third kappa shape index (κ3) is 3.03. The Morgan fingerprint density at radius 3 is 1.96 bits per heavy atom. The number of unbranched alkanes of at least 4 members (excludes halogenated alkanes) is 3. The second kappa shape index (κ2) is 7.00. The monoisotopic (exact) mass is 302 g/mol. The van der Waals surface area contributed by atoms with Gasteiger partial charge in [0.1, 0.15) is 0 Å². The predicted octanol–water partition coefficient (Wildman–Crippen LogP) is 7.15. The van der Waals surface area contributed by atoms with Crippen LogP contribution in [0.2, 0.25) is 0 Å². The van der Waals surface area contributed by atoms with Crippen LogP contribution in [0, 0.1) is 0 Å². The van der Waals surface area contributed by atoms with E-state index in [-0.39, 0.29) is 0 Å². The van der Waals surface area contributed by atoms with E-state index in [4.69, 9.17) is 0 Å². The van der Waals surface area contributed by atoms with Crippen molar-refractivity contribution in [3.8, 4) is 0 Å². The van der Waals surface area contributed by atoms with Gasteiger partial charge in [0.2, 0.25) is 0 Å². The number of hydrogen-bond acceptors (Lipinski definition) is 0. The SMILES string of the molecule is C=C(C)c1c(CCCCCC)c2ccccc2c2ccccc12. The van der Waals surface area contributed by atoms with Gasteiger partial charge >= 0.3 is 0 Å². The zero-order chi connectivity index (χ0) is 16.2. The van der Waals surface area contributed by atoms with Crippen molar-refractivity contribution in [2.24, 2.45) is 0 Å². The van der Waals surface area contributed by atoms with E-state index in [0.717, 1.165) is 6.42 Å². The van der Waals surface area contributed by atoms with Crippen LogP contribution in [0.4, 0.5) is 0 Å². The highest BCUT2D eigenvalue weighted by Crippen LogP contribution is 2.36. The molecule has 0 N–H and O–H groups in total. The quantitative estimate of drug-likeness (QED) is 0.335. The summed E-state index contributed by atoms with van der Waals surface area (Å²) in [5, 5.41) is 5.47. The summed E-state index contributed by atoms with van der Waals surface area (Å²) in [5.41, 5.74) is 4.04. The molecule has 0 fully saturated rings.